The number of aliphatic imine (C=N–C) groups is 1. The van der Waals surface area contributed by atoms with Crippen molar-refractivity contribution in [2.75, 3.05) is 31.1 Å². The second-order valence-electron chi connectivity index (χ2n) is 7.59. The van der Waals surface area contributed by atoms with Crippen molar-refractivity contribution >= 4 is 39.8 Å². The molecule has 2 saturated heterocycles. The molecule has 2 heterocycles. The van der Waals surface area contributed by atoms with Crippen LogP contribution in [-0.2, 0) is 22.9 Å². The monoisotopic (exact) mass is 520 g/mol. The third-order valence-electron chi connectivity index (χ3n) is 5.22. The fourth-order valence-electron chi connectivity index (χ4n) is 3.72. The summed E-state index contributed by atoms with van der Waals surface area (Å²) in [4.78, 5) is 7.16. The number of hydrogen-bond acceptors (Lipinski definition) is 4. The zero-order chi connectivity index (χ0) is 19.1. The Kier molecular flexibility index (Phi) is 9.49. The highest BCUT2D eigenvalue weighted by molar-refractivity contribution is 14.0. The largest absolute Gasteiger partial charge is 0.357 e. The Morgan fingerprint density at radius 1 is 1.14 bits per heavy atom. The molecule has 2 aliphatic heterocycles. The van der Waals surface area contributed by atoms with Crippen molar-refractivity contribution in [2.24, 2.45) is 4.99 Å². The number of halogens is 1. The van der Waals surface area contributed by atoms with Crippen molar-refractivity contribution in [3.63, 3.8) is 0 Å². The van der Waals surface area contributed by atoms with Gasteiger partial charge in [0.15, 0.2) is 15.8 Å². The van der Waals surface area contributed by atoms with Crippen LogP contribution in [0.1, 0.15) is 43.7 Å². The first-order chi connectivity index (χ1) is 13.0. The van der Waals surface area contributed by atoms with Crippen LogP contribution in [0.2, 0.25) is 0 Å². The van der Waals surface area contributed by atoms with Gasteiger partial charge in [0.2, 0.25) is 0 Å². The molecule has 0 saturated carbocycles. The zero-order valence-electron chi connectivity index (χ0n) is 16.7. The molecule has 2 aliphatic rings. The van der Waals surface area contributed by atoms with Gasteiger partial charge in [0.25, 0.3) is 0 Å². The molecule has 1 unspecified atom stereocenters. The molecular weight excluding hydrogens is 487 g/mol. The van der Waals surface area contributed by atoms with Gasteiger partial charge >= 0.3 is 0 Å². The van der Waals surface area contributed by atoms with Crippen molar-refractivity contribution in [3.05, 3.63) is 35.4 Å². The van der Waals surface area contributed by atoms with Gasteiger partial charge in [-0.15, -0.1) is 24.0 Å². The quantitative estimate of drug-likeness (QED) is 0.343. The topological polar surface area (TPSA) is 73.8 Å². The predicted molar refractivity (Wildman–Crippen MR) is 126 cm³/mol. The van der Waals surface area contributed by atoms with Gasteiger partial charge in [-0.25, -0.2) is 13.4 Å². The van der Waals surface area contributed by atoms with Crippen LogP contribution in [0.4, 0.5) is 0 Å². The number of hydrogen-bond donors (Lipinski definition) is 2. The maximum Gasteiger partial charge on any atom is 0.191 e. The molecule has 8 heteroatoms. The van der Waals surface area contributed by atoms with Gasteiger partial charge in [-0.05, 0) is 50.4 Å². The summed E-state index contributed by atoms with van der Waals surface area (Å²) >= 11 is 0. The Hall–Kier alpha value is -0.870. The summed E-state index contributed by atoms with van der Waals surface area (Å²) in [5, 5.41) is 6.47. The van der Waals surface area contributed by atoms with Gasteiger partial charge in [0.05, 0.1) is 18.1 Å². The molecule has 0 aliphatic carbocycles. The van der Waals surface area contributed by atoms with E-state index >= 15 is 0 Å². The molecule has 3 rings (SSSR count). The molecule has 2 N–H and O–H groups in total. The van der Waals surface area contributed by atoms with Crippen molar-refractivity contribution in [2.45, 2.75) is 51.7 Å². The number of rotatable bonds is 6. The van der Waals surface area contributed by atoms with Crippen LogP contribution in [0.3, 0.4) is 0 Å². The maximum atomic E-state index is 11.6. The van der Waals surface area contributed by atoms with Gasteiger partial charge < -0.3 is 10.6 Å². The van der Waals surface area contributed by atoms with Gasteiger partial charge in [-0.2, -0.15) is 0 Å². The summed E-state index contributed by atoms with van der Waals surface area (Å²) in [6.45, 7) is 6.79. The summed E-state index contributed by atoms with van der Waals surface area (Å²) in [7, 11) is -2.89. The lowest BCUT2D eigenvalue weighted by Crippen LogP contribution is -2.44. The van der Waals surface area contributed by atoms with E-state index in [9.17, 15) is 8.42 Å². The number of benzene rings is 1. The third kappa shape index (κ3) is 7.51. The Labute approximate surface area is 186 Å². The van der Waals surface area contributed by atoms with E-state index in [1.807, 2.05) is 6.92 Å². The van der Waals surface area contributed by atoms with E-state index in [0.717, 1.165) is 18.7 Å². The van der Waals surface area contributed by atoms with Crippen LogP contribution in [0.15, 0.2) is 29.3 Å². The number of piperidine rings is 1. The fourth-order valence-corrected chi connectivity index (χ4v) is 5.39. The molecule has 28 heavy (non-hydrogen) atoms. The normalized spacial score (nSPS) is 22.5. The Bertz CT molecular complexity index is 731. The average Bonchev–Trinajstić information content (AvgIpc) is 3.00. The lowest BCUT2D eigenvalue weighted by atomic mass is 10.1. The summed E-state index contributed by atoms with van der Waals surface area (Å²) < 4.78 is 23.3. The van der Waals surface area contributed by atoms with Crippen LogP contribution in [0.5, 0.6) is 0 Å². The number of nitrogens with zero attached hydrogens (tertiary/aromatic N) is 2. The minimum absolute atomic E-state index is 0. The second kappa shape index (κ2) is 11.3. The highest BCUT2D eigenvalue weighted by Gasteiger charge is 2.28. The number of sulfone groups is 1. The van der Waals surface area contributed by atoms with Gasteiger partial charge in [0, 0.05) is 19.1 Å². The van der Waals surface area contributed by atoms with Gasteiger partial charge in [-0.1, -0.05) is 30.7 Å². The predicted octanol–water partition coefficient (Wildman–Crippen LogP) is 2.53. The molecule has 2 fully saturated rings. The Balaban J connectivity index is 0.00000280. The molecule has 6 nitrogen and oxygen atoms in total. The standard InChI is InChI=1S/C20H32N4O2S.HI/c1-2-21-20(23-19-10-13-27(25,26)16-19)22-14-17-6-8-18(9-7-17)15-24-11-4-3-5-12-24;/h6-9,19H,2-5,10-16H2,1H3,(H2,21,22,23);1H. The highest BCUT2D eigenvalue weighted by atomic mass is 127. The minimum atomic E-state index is -2.89. The van der Waals surface area contributed by atoms with Crippen molar-refractivity contribution in [1.29, 1.82) is 0 Å². The van der Waals surface area contributed by atoms with E-state index in [2.05, 4.69) is 44.8 Å². The van der Waals surface area contributed by atoms with Crippen LogP contribution in [0.25, 0.3) is 0 Å². The van der Waals surface area contributed by atoms with Crippen LogP contribution >= 0.6 is 24.0 Å². The summed E-state index contributed by atoms with van der Waals surface area (Å²) in [6, 6.07) is 8.64. The molecule has 1 aromatic rings. The summed E-state index contributed by atoms with van der Waals surface area (Å²) in [5.74, 6) is 1.16. The molecule has 0 aromatic heterocycles. The van der Waals surface area contributed by atoms with Crippen molar-refractivity contribution < 1.29 is 8.42 Å². The van der Waals surface area contributed by atoms with Gasteiger partial charge in [0.1, 0.15) is 0 Å². The first-order valence-corrected chi connectivity index (χ1v) is 11.9. The average molecular weight is 520 g/mol. The Morgan fingerprint density at radius 3 is 2.43 bits per heavy atom. The summed E-state index contributed by atoms with van der Waals surface area (Å²) in [6.07, 6.45) is 4.64. The molecule has 1 aromatic carbocycles. The smallest absolute Gasteiger partial charge is 0.191 e. The summed E-state index contributed by atoms with van der Waals surface area (Å²) in [5.41, 5.74) is 2.51. The first-order valence-electron chi connectivity index (χ1n) is 10.1. The fraction of sp³-hybridized carbons (Fsp3) is 0.650. The second-order valence-corrected chi connectivity index (χ2v) is 9.82. The molecule has 158 valence electrons. The molecular formula is C20H33IN4O2S. The molecule has 0 radical (unpaired) electrons. The van der Waals surface area contributed by atoms with Crippen LogP contribution in [0, 0.1) is 0 Å². The lowest BCUT2D eigenvalue weighted by Gasteiger charge is -2.26. The van der Waals surface area contributed by atoms with E-state index in [1.54, 1.807) is 0 Å². The van der Waals surface area contributed by atoms with E-state index in [4.69, 9.17) is 0 Å². The van der Waals surface area contributed by atoms with Crippen LogP contribution < -0.4 is 10.6 Å². The van der Waals surface area contributed by atoms with Crippen molar-refractivity contribution in [1.82, 2.24) is 15.5 Å². The lowest BCUT2D eigenvalue weighted by molar-refractivity contribution is 0.221. The molecule has 0 amide bonds. The van der Waals surface area contributed by atoms with E-state index < -0.39 is 9.84 Å². The highest BCUT2D eigenvalue weighted by Crippen LogP contribution is 2.14. The van der Waals surface area contributed by atoms with E-state index in [1.165, 1.54) is 37.9 Å². The molecule has 1 atom stereocenters. The maximum absolute atomic E-state index is 11.6. The molecule has 0 bridgehead atoms. The SMILES string of the molecule is CCNC(=NCc1ccc(CN2CCCCC2)cc1)NC1CCS(=O)(=O)C1.I. The number of nitrogens with one attached hydrogen (secondary N) is 2. The number of guanidine groups is 1. The van der Waals surface area contributed by atoms with E-state index in [-0.39, 0.29) is 41.5 Å². The molecule has 0 spiro atoms. The minimum Gasteiger partial charge on any atom is -0.357 e. The first kappa shape index (κ1) is 23.4. The van der Waals surface area contributed by atoms with Gasteiger partial charge in [-0.3, -0.25) is 4.90 Å². The third-order valence-corrected chi connectivity index (χ3v) is 6.98. The number of likely N-dealkylation sites (tertiary alicyclic amines) is 1. The van der Waals surface area contributed by atoms with Crippen molar-refractivity contribution in [3.8, 4) is 0 Å². The van der Waals surface area contributed by atoms with Crippen LogP contribution in [-0.4, -0.2) is 56.5 Å². The zero-order valence-corrected chi connectivity index (χ0v) is 19.8. The Morgan fingerprint density at radius 2 is 1.82 bits per heavy atom. The van der Waals surface area contributed by atoms with E-state index in [0.29, 0.717) is 18.9 Å².